The van der Waals surface area contributed by atoms with Gasteiger partial charge in [0.1, 0.15) is 26.6 Å². The molecule has 0 N–H and O–H groups in total. The van der Waals surface area contributed by atoms with Crippen molar-refractivity contribution in [3.8, 4) is 11.8 Å². The summed E-state index contributed by atoms with van der Waals surface area (Å²) in [7, 11) is 0. The van der Waals surface area contributed by atoms with Crippen LogP contribution in [-0.4, -0.2) is 71.6 Å². The second-order valence-corrected chi connectivity index (χ2v) is 5.12. The summed E-state index contributed by atoms with van der Waals surface area (Å²) in [6.45, 7) is 7.83. The Morgan fingerprint density at radius 2 is 1.47 bits per heavy atom. The van der Waals surface area contributed by atoms with Gasteiger partial charge < -0.3 is 0 Å². The molecule has 0 aromatic heterocycles. The van der Waals surface area contributed by atoms with Crippen molar-refractivity contribution in [2.75, 3.05) is 52.4 Å². The lowest BCUT2D eigenvalue weighted by Gasteiger charge is -2.60. The van der Waals surface area contributed by atoms with Gasteiger partial charge in [0, 0.05) is 0 Å². The van der Waals surface area contributed by atoms with Crippen molar-refractivity contribution in [1.82, 2.24) is 14.7 Å². The van der Waals surface area contributed by atoms with E-state index in [0.29, 0.717) is 5.88 Å². The first-order chi connectivity index (χ1) is 7.30. The van der Waals surface area contributed by atoms with Gasteiger partial charge in [-0.3, -0.25) is 4.48 Å². The Morgan fingerprint density at radius 1 is 0.933 bits per heavy atom. The minimum Gasteiger partial charge on any atom is -0.276 e. The zero-order valence-corrected chi connectivity index (χ0v) is 9.58. The highest BCUT2D eigenvalue weighted by molar-refractivity contribution is 6.19. The van der Waals surface area contributed by atoms with Gasteiger partial charge in [-0.2, -0.15) is 0 Å². The molecule has 4 saturated heterocycles. The van der Waals surface area contributed by atoms with E-state index in [-0.39, 0.29) is 0 Å². The van der Waals surface area contributed by atoms with Gasteiger partial charge in [-0.25, -0.2) is 14.7 Å². The highest BCUT2D eigenvalue weighted by Crippen LogP contribution is 2.27. The van der Waals surface area contributed by atoms with Gasteiger partial charge in [0.15, 0.2) is 0 Å². The van der Waals surface area contributed by atoms with Crippen LogP contribution in [0.2, 0.25) is 0 Å². The fraction of sp³-hybridized carbons (Fsp3) is 0.800. The Labute approximate surface area is 95.6 Å². The van der Waals surface area contributed by atoms with Crippen molar-refractivity contribution >= 4 is 11.6 Å². The number of nitrogens with zero attached hydrogens (tertiary/aromatic N) is 4. The zero-order valence-electron chi connectivity index (χ0n) is 8.82. The van der Waals surface area contributed by atoms with Gasteiger partial charge in [0.2, 0.25) is 0 Å². The number of halogens is 1. The van der Waals surface area contributed by atoms with Crippen LogP contribution in [0.1, 0.15) is 0 Å². The van der Waals surface area contributed by atoms with E-state index in [2.05, 4.69) is 26.5 Å². The average molecular weight is 228 g/mol. The molecule has 0 aliphatic carbocycles. The van der Waals surface area contributed by atoms with Crippen LogP contribution >= 0.6 is 11.6 Å². The maximum Gasteiger partial charge on any atom is 0.144 e. The third-order valence-corrected chi connectivity index (χ3v) is 3.44. The molecule has 82 valence electrons. The van der Waals surface area contributed by atoms with E-state index >= 15 is 0 Å². The van der Waals surface area contributed by atoms with E-state index in [1.165, 1.54) is 0 Å². The quantitative estimate of drug-likeness (QED) is 0.347. The van der Waals surface area contributed by atoms with Crippen LogP contribution in [0, 0.1) is 11.8 Å². The monoisotopic (exact) mass is 227 g/mol. The van der Waals surface area contributed by atoms with E-state index in [1.807, 2.05) is 0 Å². The third-order valence-electron chi connectivity index (χ3n) is 3.31. The van der Waals surface area contributed by atoms with Crippen LogP contribution in [-0.2, 0) is 0 Å². The van der Waals surface area contributed by atoms with Crippen molar-refractivity contribution in [3.05, 3.63) is 0 Å². The largest absolute Gasteiger partial charge is 0.276 e. The maximum absolute atomic E-state index is 5.58. The van der Waals surface area contributed by atoms with Crippen LogP contribution in [0.4, 0.5) is 0 Å². The van der Waals surface area contributed by atoms with Crippen molar-refractivity contribution in [1.29, 1.82) is 0 Å². The predicted molar refractivity (Wildman–Crippen MR) is 58.3 cm³/mol. The Bertz CT molecular complexity index is 284. The summed E-state index contributed by atoms with van der Waals surface area (Å²) in [6.07, 6.45) is 0. The number of alkyl halides is 1. The molecule has 0 unspecified atom stereocenters. The predicted octanol–water partition coefficient (Wildman–Crippen LogP) is -0.263. The molecule has 4 nitrogen and oxygen atoms in total. The first kappa shape index (κ1) is 9.88. The summed E-state index contributed by atoms with van der Waals surface area (Å²) < 4.78 is 1.09. The van der Waals surface area contributed by atoms with E-state index < -0.39 is 0 Å². The van der Waals surface area contributed by atoms with Gasteiger partial charge >= 0.3 is 0 Å². The second-order valence-electron chi connectivity index (χ2n) is 4.85. The molecule has 0 saturated carbocycles. The standard InChI is InChI=1S/C10H16ClN4/c11-3-1-2-4-15-8-12-5-13(9-15)7-14(6-12)10-15/h3-10H2/q+1. The Balaban J connectivity index is 1.75. The summed E-state index contributed by atoms with van der Waals surface area (Å²) >= 11 is 5.58. The van der Waals surface area contributed by atoms with Crippen LogP contribution in [0.15, 0.2) is 0 Å². The summed E-state index contributed by atoms with van der Waals surface area (Å²) in [6, 6.07) is 0. The minimum absolute atomic E-state index is 0.455. The molecular formula is C10H16ClN4+. The highest BCUT2D eigenvalue weighted by Gasteiger charge is 2.47. The van der Waals surface area contributed by atoms with E-state index in [1.54, 1.807) is 0 Å². The molecule has 5 heteroatoms. The van der Waals surface area contributed by atoms with Gasteiger partial charge in [-0.05, 0) is 5.92 Å². The van der Waals surface area contributed by atoms with Crippen LogP contribution < -0.4 is 0 Å². The van der Waals surface area contributed by atoms with Gasteiger partial charge in [0.25, 0.3) is 0 Å². The zero-order chi connectivity index (χ0) is 10.3. The van der Waals surface area contributed by atoms with Gasteiger partial charge in [-0.1, -0.05) is 5.92 Å². The molecule has 0 aromatic rings. The molecule has 0 atom stereocenters. The number of hydrogen-bond donors (Lipinski definition) is 0. The molecule has 4 aliphatic rings. The number of quaternary nitrogens is 1. The Hall–Kier alpha value is -0.310. The summed E-state index contributed by atoms with van der Waals surface area (Å²) in [4.78, 5) is 7.50. The topological polar surface area (TPSA) is 9.72 Å². The lowest BCUT2D eigenvalue weighted by molar-refractivity contribution is -0.974. The first-order valence-corrected chi connectivity index (χ1v) is 5.87. The Kier molecular flexibility index (Phi) is 2.38. The molecule has 0 amide bonds. The van der Waals surface area contributed by atoms with Crippen molar-refractivity contribution < 1.29 is 4.48 Å². The smallest absolute Gasteiger partial charge is 0.144 e. The molecule has 4 fully saturated rings. The molecule has 15 heavy (non-hydrogen) atoms. The molecule has 4 rings (SSSR count). The number of hydrogen-bond acceptors (Lipinski definition) is 3. The van der Waals surface area contributed by atoms with Crippen LogP contribution in [0.3, 0.4) is 0 Å². The minimum atomic E-state index is 0.455. The van der Waals surface area contributed by atoms with Gasteiger partial charge in [-0.15, -0.1) is 11.6 Å². The normalized spacial score (nSPS) is 46.3. The second kappa shape index (κ2) is 3.62. The molecule has 4 bridgehead atoms. The van der Waals surface area contributed by atoms with Crippen LogP contribution in [0.5, 0.6) is 0 Å². The van der Waals surface area contributed by atoms with Crippen LogP contribution in [0.25, 0.3) is 0 Å². The summed E-state index contributed by atoms with van der Waals surface area (Å²) in [5, 5.41) is 0. The fourth-order valence-electron chi connectivity index (χ4n) is 3.08. The molecule has 4 aliphatic heterocycles. The highest BCUT2D eigenvalue weighted by atomic mass is 35.5. The summed E-state index contributed by atoms with van der Waals surface area (Å²) in [5.41, 5.74) is 0. The first-order valence-electron chi connectivity index (χ1n) is 5.34. The van der Waals surface area contributed by atoms with Gasteiger partial charge in [0.05, 0.1) is 25.9 Å². The molecule has 0 radical (unpaired) electrons. The maximum atomic E-state index is 5.58. The molecule has 0 aromatic carbocycles. The lowest BCUT2D eigenvalue weighted by atomic mass is 10.3. The molecule has 4 heterocycles. The average Bonchev–Trinajstić information content (AvgIpc) is 2.15. The van der Waals surface area contributed by atoms with E-state index in [0.717, 1.165) is 51.0 Å². The third kappa shape index (κ3) is 1.75. The fourth-order valence-corrected chi connectivity index (χ4v) is 3.17. The van der Waals surface area contributed by atoms with Crippen molar-refractivity contribution in [2.24, 2.45) is 0 Å². The van der Waals surface area contributed by atoms with E-state index in [9.17, 15) is 0 Å². The molecular weight excluding hydrogens is 212 g/mol. The SMILES string of the molecule is ClCC#CC[N+]12CN3CN(CN(C3)C1)C2. The Morgan fingerprint density at radius 3 is 1.93 bits per heavy atom. The lowest BCUT2D eigenvalue weighted by Crippen LogP contribution is -2.79. The van der Waals surface area contributed by atoms with Crippen molar-refractivity contribution in [2.45, 2.75) is 0 Å². The summed E-state index contributed by atoms with van der Waals surface area (Å²) in [5.74, 6) is 6.63. The van der Waals surface area contributed by atoms with E-state index in [4.69, 9.17) is 11.6 Å². The molecule has 0 spiro atoms. The van der Waals surface area contributed by atoms with Crippen molar-refractivity contribution in [3.63, 3.8) is 0 Å². The number of rotatable bonds is 1.